The molecule has 0 heterocycles. The number of nitrogens with one attached hydrogen (secondary N) is 1. The minimum absolute atomic E-state index is 0.0168. The third-order valence-electron chi connectivity index (χ3n) is 4.90. The van der Waals surface area contributed by atoms with Crippen LogP contribution in [0.25, 0.3) is 0 Å². The monoisotopic (exact) mass is 370 g/mol. The highest BCUT2D eigenvalue weighted by molar-refractivity contribution is 7.91. The van der Waals surface area contributed by atoms with Crippen molar-refractivity contribution in [1.29, 1.82) is 0 Å². The van der Waals surface area contributed by atoms with Gasteiger partial charge in [-0.3, -0.25) is 0 Å². The van der Waals surface area contributed by atoms with Gasteiger partial charge in [0.05, 0.1) is 5.75 Å². The number of nitrogens with zero attached hydrogens (tertiary/aromatic N) is 1. The summed E-state index contributed by atoms with van der Waals surface area (Å²) in [6, 6.07) is 6.33. The first kappa shape index (κ1) is 19.7. The second kappa shape index (κ2) is 8.65. The zero-order valence-electron chi connectivity index (χ0n) is 14.9. The highest BCUT2D eigenvalue weighted by Crippen LogP contribution is 2.29. The number of rotatable bonds is 7. The summed E-state index contributed by atoms with van der Waals surface area (Å²) in [6.45, 7) is 1.80. The van der Waals surface area contributed by atoms with Gasteiger partial charge in [0, 0.05) is 25.4 Å². The molecule has 0 aromatic heterocycles. The Labute approximate surface area is 149 Å². The third-order valence-corrected chi connectivity index (χ3v) is 6.59. The van der Waals surface area contributed by atoms with Crippen molar-refractivity contribution in [3.8, 4) is 0 Å². The van der Waals surface area contributed by atoms with Gasteiger partial charge in [0.15, 0.2) is 9.84 Å². The predicted molar refractivity (Wildman–Crippen MR) is 96.7 cm³/mol. The topological polar surface area (TPSA) is 66.5 Å². The van der Waals surface area contributed by atoms with Crippen LogP contribution in [0.1, 0.15) is 31.7 Å². The maximum Gasteiger partial charge on any atom is 0.317 e. The second-order valence-electron chi connectivity index (χ2n) is 6.74. The molecule has 0 saturated heterocycles. The standard InChI is InChI=1S/C18H27FN2O3S/c1-3-25(23,24)12-11-21(2)18(22)20-17-6-4-5-15(17)13-14-7-9-16(19)10-8-14/h7-10,15,17H,3-6,11-13H2,1-2H3,(H,20,22)/t15-,17-/m0/s1. The molecule has 1 aromatic carbocycles. The maximum atomic E-state index is 13.0. The van der Waals surface area contributed by atoms with Crippen molar-refractivity contribution in [1.82, 2.24) is 10.2 Å². The lowest BCUT2D eigenvalue weighted by molar-refractivity contribution is 0.203. The molecule has 0 spiro atoms. The first-order valence-electron chi connectivity index (χ1n) is 8.77. The molecular weight excluding hydrogens is 343 g/mol. The van der Waals surface area contributed by atoms with Crippen molar-refractivity contribution in [2.75, 3.05) is 25.1 Å². The van der Waals surface area contributed by atoms with Gasteiger partial charge in [-0.05, 0) is 42.9 Å². The minimum atomic E-state index is -3.08. The van der Waals surface area contributed by atoms with Crippen LogP contribution < -0.4 is 5.32 Å². The Hall–Kier alpha value is -1.63. The molecule has 140 valence electrons. The van der Waals surface area contributed by atoms with E-state index in [9.17, 15) is 17.6 Å². The summed E-state index contributed by atoms with van der Waals surface area (Å²) in [5.74, 6) is 0.146. The minimum Gasteiger partial charge on any atom is -0.335 e. The summed E-state index contributed by atoms with van der Waals surface area (Å²) in [7, 11) is -1.47. The van der Waals surface area contributed by atoms with E-state index in [2.05, 4.69) is 5.32 Å². The fraction of sp³-hybridized carbons (Fsp3) is 0.611. The summed E-state index contributed by atoms with van der Waals surface area (Å²) in [5, 5.41) is 3.03. The van der Waals surface area contributed by atoms with Crippen LogP contribution in [0.15, 0.2) is 24.3 Å². The Kier molecular flexibility index (Phi) is 6.81. The largest absolute Gasteiger partial charge is 0.335 e. The van der Waals surface area contributed by atoms with E-state index in [4.69, 9.17) is 0 Å². The smallest absolute Gasteiger partial charge is 0.317 e. The Morgan fingerprint density at radius 1 is 1.28 bits per heavy atom. The van der Waals surface area contributed by atoms with Crippen molar-refractivity contribution < 1.29 is 17.6 Å². The molecule has 1 aromatic rings. The molecule has 2 amide bonds. The fourth-order valence-corrected chi connectivity index (χ4v) is 4.03. The molecule has 5 nitrogen and oxygen atoms in total. The Morgan fingerprint density at radius 2 is 1.96 bits per heavy atom. The zero-order valence-corrected chi connectivity index (χ0v) is 15.7. The number of carbonyl (C=O) groups is 1. The number of urea groups is 1. The first-order chi connectivity index (χ1) is 11.8. The van der Waals surface area contributed by atoms with Crippen molar-refractivity contribution in [2.45, 2.75) is 38.6 Å². The zero-order chi connectivity index (χ0) is 18.4. The van der Waals surface area contributed by atoms with Crippen LogP contribution in [0, 0.1) is 11.7 Å². The highest BCUT2D eigenvalue weighted by Gasteiger charge is 2.29. The molecule has 2 atom stereocenters. The third kappa shape index (κ3) is 5.99. The number of halogens is 1. The Balaban J connectivity index is 1.87. The van der Waals surface area contributed by atoms with Crippen molar-refractivity contribution in [2.24, 2.45) is 5.92 Å². The van der Waals surface area contributed by atoms with Gasteiger partial charge in [-0.15, -0.1) is 0 Å². The molecule has 1 N–H and O–H groups in total. The van der Waals surface area contributed by atoms with E-state index in [1.54, 1.807) is 26.1 Å². The molecule has 7 heteroatoms. The molecule has 2 rings (SSSR count). The lowest BCUT2D eigenvalue weighted by atomic mass is 9.94. The van der Waals surface area contributed by atoms with Crippen LogP contribution >= 0.6 is 0 Å². The molecule has 0 bridgehead atoms. The number of hydrogen-bond donors (Lipinski definition) is 1. The fourth-order valence-electron chi connectivity index (χ4n) is 3.19. The predicted octanol–water partition coefficient (Wildman–Crippen LogP) is 2.61. The molecule has 1 aliphatic carbocycles. The molecule has 0 unspecified atom stereocenters. The van der Waals surface area contributed by atoms with Crippen LogP contribution in [0.5, 0.6) is 0 Å². The lowest BCUT2D eigenvalue weighted by Crippen LogP contribution is -2.46. The second-order valence-corrected chi connectivity index (χ2v) is 9.21. The van der Waals surface area contributed by atoms with E-state index in [1.165, 1.54) is 17.0 Å². The van der Waals surface area contributed by atoms with Gasteiger partial charge in [-0.1, -0.05) is 25.5 Å². The van der Waals surface area contributed by atoms with E-state index in [1.807, 2.05) is 0 Å². The summed E-state index contributed by atoms with van der Waals surface area (Å²) in [4.78, 5) is 13.7. The molecule has 25 heavy (non-hydrogen) atoms. The summed E-state index contributed by atoms with van der Waals surface area (Å²) < 4.78 is 36.1. The molecule has 1 saturated carbocycles. The molecular formula is C18H27FN2O3S. The van der Waals surface area contributed by atoms with E-state index in [-0.39, 0.29) is 35.9 Å². The molecule has 0 radical (unpaired) electrons. The van der Waals surface area contributed by atoms with Crippen LogP contribution in [-0.4, -0.2) is 50.5 Å². The van der Waals surface area contributed by atoms with Crippen molar-refractivity contribution in [3.05, 3.63) is 35.6 Å². The van der Waals surface area contributed by atoms with Gasteiger partial charge in [0.1, 0.15) is 5.82 Å². The van der Waals surface area contributed by atoms with Gasteiger partial charge in [-0.2, -0.15) is 0 Å². The van der Waals surface area contributed by atoms with Gasteiger partial charge in [0.2, 0.25) is 0 Å². The highest BCUT2D eigenvalue weighted by atomic mass is 32.2. The van der Waals surface area contributed by atoms with Crippen LogP contribution in [0.3, 0.4) is 0 Å². The number of amides is 2. The van der Waals surface area contributed by atoms with Crippen molar-refractivity contribution in [3.63, 3.8) is 0 Å². The van der Waals surface area contributed by atoms with E-state index in [0.717, 1.165) is 31.2 Å². The van der Waals surface area contributed by atoms with Crippen molar-refractivity contribution >= 4 is 15.9 Å². The number of carbonyl (C=O) groups excluding carboxylic acids is 1. The number of hydrogen-bond acceptors (Lipinski definition) is 3. The number of benzene rings is 1. The molecule has 1 fully saturated rings. The molecule has 0 aliphatic heterocycles. The average molecular weight is 370 g/mol. The average Bonchev–Trinajstić information content (AvgIpc) is 3.01. The van der Waals surface area contributed by atoms with E-state index < -0.39 is 9.84 Å². The molecule has 1 aliphatic rings. The summed E-state index contributed by atoms with van der Waals surface area (Å²) >= 11 is 0. The quantitative estimate of drug-likeness (QED) is 0.802. The van der Waals surface area contributed by atoms with Gasteiger partial charge < -0.3 is 10.2 Å². The van der Waals surface area contributed by atoms with E-state index in [0.29, 0.717) is 5.92 Å². The SMILES string of the molecule is CCS(=O)(=O)CCN(C)C(=O)N[C@H]1CCC[C@H]1Cc1ccc(F)cc1. The Morgan fingerprint density at radius 3 is 2.60 bits per heavy atom. The van der Waals surface area contributed by atoms with Crippen LogP contribution in [0.2, 0.25) is 0 Å². The van der Waals surface area contributed by atoms with Crippen LogP contribution in [0.4, 0.5) is 9.18 Å². The maximum absolute atomic E-state index is 13.0. The first-order valence-corrected chi connectivity index (χ1v) is 10.6. The summed E-state index contributed by atoms with van der Waals surface area (Å²) in [5.41, 5.74) is 1.06. The lowest BCUT2D eigenvalue weighted by Gasteiger charge is -2.25. The normalized spacial score (nSPS) is 20.4. The number of sulfone groups is 1. The van der Waals surface area contributed by atoms with Gasteiger partial charge in [-0.25, -0.2) is 17.6 Å². The van der Waals surface area contributed by atoms with Gasteiger partial charge >= 0.3 is 6.03 Å². The van der Waals surface area contributed by atoms with Gasteiger partial charge in [0.25, 0.3) is 0 Å². The Bertz CT molecular complexity index is 676. The summed E-state index contributed by atoms with van der Waals surface area (Å²) in [6.07, 6.45) is 3.79. The van der Waals surface area contributed by atoms with E-state index >= 15 is 0 Å². The van der Waals surface area contributed by atoms with Crippen LogP contribution in [-0.2, 0) is 16.3 Å².